The molecule has 104 valence electrons. The van der Waals surface area contributed by atoms with Gasteiger partial charge >= 0.3 is 6.03 Å². The van der Waals surface area contributed by atoms with Gasteiger partial charge in [0.15, 0.2) is 0 Å². The predicted molar refractivity (Wildman–Crippen MR) is 75.4 cm³/mol. The van der Waals surface area contributed by atoms with Gasteiger partial charge in [-0.05, 0) is 30.4 Å². The molecule has 0 unspecified atom stereocenters. The number of amides is 2. The molecule has 19 heavy (non-hydrogen) atoms. The van der Waals surface area contributed by atoms with Crippen LogP contribution in [0, 0.1) is 0 Å². The van der Waals surface area contributed by atoms with E-state index in [-0.39, 0.29) is 6.03 Å². The fraction of sp³-hybridized carbons (Fsp3) is 0.533. The number of carbonyl (C=O) groups is 1. The highest BCUT2D eigenvalue weighted by Gasteiger charge is 2.19. The highest BCUT2D eigenvalue weighted by atomic mass is 16.5. The van der Waals surface area contributed by atoms with E-state index in [0.717, 1.165) is 12.8 Å². The maximum atomic E-state index is 11.6. The van der Waals surface area contributed by atoms with Crippen molar-refractivity contribution in [1.82, 2.24) is 10.6 Å². The number of fused-ring (bicyclic) bond motifs is 1. The number of benzene rings is 1. The second-order valence-corrected chi connectivity index (χ2v) is 4.92. The Labute approximate surface area is 114 Å². The molecule has 4 heteroatoms. The summed E-state index contributed by atoms with van der Waals surface area (Å²) in [5.74, 6) is 0.443. The molecule has 2 rings (SSSR count). The standard InChI is InChI=1S/C15H22N2O2/c1-19-10-9-16-15(18)17-11-13-7-4-6-12-5-2-3-8-14(12)13/h2-3,5,8,13H,4,6-7,9-11H2,1H3,(H2,16,17,18)/t13-/m1/s1. The molecule has 1 aliphatic rings. The Morgan fingerprint density at radius 1 is 1.37 bits per heavy atom. The van der Waals surface area contributed by atoms with Crippen molar-refractivity contribution in [3.63, 3.8) is 0 Å². The lowest BCUT2D eigenvalue weighted by Gasteiger charge is -2.25. The Hall–Kier alpha value is -1.55. The monoisotopic (exact) mass is 262 g/mol. The van der Waals surface area contributed by atoms with Gasteiger partial charge < -0.3 is 15.4 Å². The second-order valence-electron chi connectivity index (χ2n) is 4.92. The summed E-state index contributed by atoms with van der Waals surface area (Å²) in [4.78, 5) is 11.6. The fourth-order valence-corrected chi connectivity index (χ4v) is 2.61. The second kappa shape index (κ2) is 7.14. The molecule has 0 fully saturated rings. The summed E-state index contributed by atoms with van der Waals surface area (Å²) >= 11 is 0. The minimum atomic E-state index is -0.111. The quantitative estimate of drug-likeness (QED) is 0.798. The lowest BCUT2D eigenvalue weighted by atomic mass is 9.83. The van der Waals surface area contributed by atoms with Crippen molar-refractivity contribution in [3.8, 4) is 0 Å². The average Bonchev–Trinajstić information content (AvgIpc) is 2.45. The van der Waals surface area contributed by atoms with Gasteiger partial charge in [0.2, 0.25) is 0 Å². The third kappa shape index (κ3) is 3.96. The zero-order valence-electron chi connectivity index (χ0n) is 11.4. The minimum Gasteiger partial charge on any atom is -0.383 e. The lowest BCUT2D eigenvalue weighted by molar-refractivity contribution is 0.195. The molecular weight excluding hydrogens is 240 g/mol. The van der Waals surface area contributed by atoms with Crippen molar-refractivity contribution in [3.05, 3.63) is 35.4 Å². The van der Waals surface area contributed by atoms with Gasteiger partial charge in [0.1, 0.15) is 0 Å². The van der Waals surface area contributed by atoms with Crippen LogP contribution in [0.15, 0.2) is 24.3 Å². The van der Waals surface area contributed by atoms with E-state index in [1.54, 1.807) is 7.11 Å². The van der Waals surface area contributed by atoms with Crippen LogP contribution in [0.1, 0.15) is 29.9 Å². The summed E-state index contributed by atoms with van der Waals surface area (Å²) in [7, 11) is 1.62. The molecule has 0 radical (unpaired) electrons. The van der Waals surface area contributed by atoms with E-state index in [1.165, 1.54) is 17.5 Å². The van der Waals surface area contributed by atoms with Crippen molar-refractivity contribution in [2.45, 2.75) is 25.2 Å². The van der Waals surface area contributed by atoms with Crippen LogP contribution in [0.2, 0.25) is 0 Å². The van der Waals surface area contributed by atoms with Crippen molar-refractivity contribution >= 4 is 6.03 Å². The zero-order valence-corrected chi connectivity index (χ0v) is 11.4. The van der Waals surface area contributed by atoms with Gasteiger partial charge in [-0.3, -0.25) is 0 Å². The van der Waals surface area contributed by atoms with E-state index in [2.05, 4.69) is 34.9 Å². The normalized spacial score (nSPS) is 17.6. The van der Waals surface area contributed by atoms with E-state index in [9.17, 15) is 4.79 Å². The lowest BCUT2D eigenvalue weighted by Crippen LogP contribution is -2.39. The molecule has 0 bridgehead atoms. The number of nitrogens with one attached hydrogen (secondary N) is 2. The summed E-state index contributed by atoms with van der Waals surface area (Å²) in [6.45, 7) is 1.79. The number of carbonyl (C=O) groups excluding carboxylic acids is 1. The molecule has 0 saturated heterocycles. The third-order valence-electron chi connectivity index (χ3n) is 3.59. The first-order chi connectivity index (χ1) is 9.31. The van der Waals surface area contributed by atoms with Crippen molar-refractivity contribution in [1.29, 1.82) is 0 Å². The summed E-state index contributed by atoms with van der Waals surface area (Å²) in [5.41, 5.74) is 2.83. The highest BCUT2D eigenvalue weighted by molar-refractivity contribution is 5.73. The largest absolute Gasteiger partial charge is 0.383 e. The number of methoxy groups -OCH3 is 1. The molecule has 0 aliphatic heterocycles. The summed E-state index contributed by atoms with van der Waals surface area (Å²) < 4.78 is 4.89. The Kier molecular flexibility index (Phi) is 5.21. The van der Waals surface area contributed by atoms with Crippen LogP contribution in [-0.4, -0.2) is 32.8 Å². The van der Waals surface area contributed by atoms with E-state index in [4.69, 9.17) is 4.74 Å². The SMILES string of the molecule is COCCNC(=O)NC[C@H]1CCCc2ccccc21. The van der Waals surface area contributed by atoms with Gasteiger partial charge in [-0.25, -0.2) is 4.79 Å². The first-order valence-corrected chi connectivity index (χ1v) is 6.89. The van der Waals surface area contributed by atoms with Gasteiger partial charge in [-0.1, -0.05) is 24.3 Å². The maximum absolute atomic E-state index is 11.6. The molecule has 1 aromatic carbocycles. The molecule has 2 amide bonds. The van der Waals surface area contributed by atoms with Gasteiger partial charge in [0.05, 0.1) is 6.61 Å². The molecule has 4 nitrogen and oxygen atoms in total. The minimum absolute atomic E-state index is 0.111. The van der Waals surface area contributed by atoms with Crippen molar-refractivity contribution in [2.24, 2.45) is 0 Å². The molecule has 0 saturated carbocycles. The number of hydrogen-bond acceptors (Lipinski definition) is 2. The molecule has 1 atom stereocenters. The highest BCUT2D eigenvalue weighted by Crippen LogP contribution is 2.30. The molecular formula is C15H22N2O2. The van der Waals surface area contributed by atoms with E-state index in [1.807, 2.05) is 0 Å². The van der Waals surface area contributed by atoms with Gasteiger partial charge in [-0.15, -0.1) is 0 Å². The predicted octanol–water partition coefficient (Wildman–Crippen LogP) is 2.05. The molecule has 2 N–H and O–H groups in total. The van der Waals surface area contributed by atoms with Crippen LogP contribution in [0.25, 0.3) is 0 Å². The number of hydrogen-bond donors (Lipinski definition) is 2. The zero-order chi connectivity index (χ0) is 13.5. The van der Waals surface area contributed by atoms with E-state index >= 15 is 0 Å². The summed E-state index contributed by atoms with van der Waals surface area (Å²) in [6, 6.07) is 8.44. The summed E-state index contributed by atoms with van der Waals surface area (Å²) in [5, 5.41) is 5.72. The van der Waals surface area contributed by atoms with Crippen LogP contribution in [-0.2, 0) is 11.2 Å². The van der Waals surface area contributed by atoms with Crippen molar-refractivity contribution in [2.75, 3.05) is 26.8 Å². The smallest absolute Gasteiger partial charge is 0.314 e. The topological polar surface area (TPSA) is 50.4 Å². The fourth-order valence-electron chi connectivity index (χ4n) is 2.61. The van der Waals surface area contributed by atoms with Gasteiger partial charge in [0.25, 0.3) is 0 Å². The van der Waals surface area contributed by atoms with Gasteiger partial charge in [-0.2, -0.15) is 0 Å². The molecule has 1 aliphatic carbocycles. The first kappa shape index (κ1) is 13.9. The van der Waals surface area contributed by atoms with E-state index in [0.29, 0.717) is 25.6 Å². The molecule has 0 spiro atoms. The molecule has 0 heterocycles. The Balaban J connectivity index is 1.82. The van der Waals surface area contributed by atoms with Crippen LogP contribution in [0.4, 0.5) is 4.79 Å². The number of rotatable bonds is 5. The van der Waals surface area contributed by atoms with Crippen LogP contribution in [0.5, 0.6) is 0 Å². The van der Waals surface area contributed by atoms with Crippen LogP contribution in [0.3, 0.4) is 0 Å². The number of urea groups is 1. The number of ether oxygens (including phenoxy) is 1. The Bertz CT molecular complexity index is 420. The summed E-state index contributed by atoms with van der Waals surface area (Å²) in [6.07, 6.45) is 3.51. The third-order valence-corrected chi connectivity index (χ3v) is 3.59. The number of aryl methyl sites for hydroxylation is 1. The van der Waals surface area contributed by atoms with Crippen LogP contribution >= 0.6 is 0 Å². The van der Waals surface area contributed by atoms with Crippen LogP contribution < -0.4 is 10.6 Å². The molecule has 0 aromatic heterocycles. The molecule has 1 aromatic rings. The Morgan fingerprint density at radius 3 is 3.05 bits per heavy atom. The van der Waals surface area contributed by atoms with Crippen molar-refractivity contribution < 1.29 is 9.53 Å². The van der Waals surface area contributed by atoms with Gasteiger partial charge in [0, 0.05) is 26.1 Å². The average molecular weight is 262 g/mol. The maximum Gasteiger partial charge on any atom is 0.314 e. The Morgan fingerprint density at radius 2 is 2.21 bits per heavy atom. The van der Waals surface area contributed by atoms with E-state index < -0.39 is 0 Å². The first-order valence-electron chi connectivity index (χ1n) is 6.89.